The lowest BCUT2D eigenvalue weighted by Crippen LogP contribution is -2.41. The molecule has 3 rings (SSSR count). The van der Waals surface area contributed by atoms with Gasteiger partial charge in [0, 0.05) is 56.8 Å². The van der Waals surface area contributed by atoms with E-state index >= 15 is 0 Å². The van der Waals surface area contributed by atoms with Gasteiger partial charge in [-0.2, -0.15) is 0 Å². The first-order valence-electron chi connectivity index (χ1n) is 10.3. The Morgan fingerprint density at radius 1 is 1.31 bits per heavy atom. The van der Waals surface area contributed by atoms with Gasteiger partial charge in [0.15, 0.2) is 0 Å². The van der Waals surface area contributed by atoms with Crippen LogP contribution in [0.2, 0.25) is 0 Å². The van der Waals surface area contributed by atoms with Crippen molar-refractivity contribution < 1.29 is 9.59 Å². The average molecular weight is 415 g/mol. The average Bonchev–Trinajstić information content (AvgIpc) is 3.15. The summed E-state index contributed by atoms with van der Waals surface area (Å²) >= 11 is 1.58. The molecule has 1 aliphatic rings. The van der Waals surface area contributed by atoms with E-state index in [1.165, 1.54) is 0 Å². The summed E-state index contributed by atoms with van der Waals surface area (Å²) in [6.45, 7) is 4.21. The van der Waals surface area contributed by atoms with Gasteiger partial charge in [-0.05, 0) is 44.2 Å². The Balaban J connectivity index is 1.40. The number of carbonyl (C=O) groups excluding carboxylic acids is 2. The van der Waals surface area contributed by atoms with Crippen LogP contribution >= 0.6 is 11.3 Å². The van der Waals surface area contributed by atoms with Gasteiger partial charge in [0.25, 0.3) is 0 Å². The van der Waals surface area contributed by atoms with Crippen LogP contribution in [0.1, 0.15) is 42.1 Å². The number of amides is 2. The van der Waals surface area contributed by atoms with E-state index < -0.39 is 0 Å². The molecule has 0 saturated carbocycles. The first kappa shape index (κ1) is 21.4. The number of thiazole rings is 1. The van der Waals surface area contributed by atoms with Crippen LogP contribution < -0.4 is 0 Å². The molecule has 0 bridgehead atoms. The van der Waals surface area contributed by atoms with Gasteiger partial charge in [-0.25, -0.2) is 4.98 Å². The number of carbonyl (C=O) groups is 2. The zero-order valence-corrected chi connectivity index (χ0v) is 18.2. The molecule has 2 aromatic heterocycles. The number of likely N-dealkylation sites (tertiary alicyclic amines) is 1. The van der Waals surface area contributed by atoms with Crippen LogP contribution in [-0.2, 0) is 22.4 Å². The van der Waals surface area contributed by atoms with E-state index in [4.69, 9.17) is 0 Å². The van der Waals surface area contributed by atoms with Crippen molar-refractivity contribution in [3.63, 3.8) is 0 Å². The topological polar surface area (TPSA) is 66.4 Å². The van der Waals surface area contributed by atoms with E-state index in [0.717, 1.165) is 55.2 Å². The van der Waals surface area contributed by atoms with E-state index in [9.17, 15) is 9.59 Å². The molecule has 6 nitrogen and oxygen atoms in total. The van der Waals surface area contributed by atoms with Crippen molar-refractivity contribution in [2.75, 3.05) is 26.7 Å². The van der Waals surface area contributed by atoms with Gasteiger partial charge in [-0.15, -0.1) is 11.3 Å². The Bertz CT molecular complexity index is 808. The van der Waals surface area contributed by atoms with Crippen molar-refractivity contribution in [3.05, 3.63) is 46.2 Å². The van der Waals surface area contributed by atoms with Crippen LogP contribution in [-0.4, -0.2) is 58.3 Å². The molecule has 2 amide bonds. The molecule has 0 radical (unpaired) electrons. The van der Waals surface area contributed by atoms with Crippen LogP contribution in [0, 0.1) is 12.8 Å². The van der Waals surface area contributed by atoms with Crippen LogP contribution in [0.4, 0.5) is 0 Å². The van der Waals surface area contributed by atoms with Crippen molar-refractivity contribution in [2.45, 2.75) is 45.4 Å². The molecule has 2 aromatic rings. The summed E-state index contributed by atoms with van der Waals surface area (Å²) in [5.41, 5.74) is 1.87. The van der Waals surface area contributed by atoms with E-state index in [0.29, 0.717) is 25.3 Å². The number of rotatable bonds is 8. The van der Waals surface area contributed by atoms with E-state index in [2.05, 4.69) is 9.97 Å². The Labute approximate surface area is 177 Å². The lowest BCUT2D eigenvalue weighted by atomic mass is 9.93. The summed E-state index contributed by atoms with van der Waals surface area (Å²) in [6, 6.07) is 5.85. The highest BCUT2D eigenvalue weighted by Crippen LogP contribution is 2.22. The third-order valence-corrected chi connectivity index (χ3v) is 6.31. The minimum Gasteiger partial charge on any atom is -0.345 e. The molecule has 0 aliphatic carbocycles. The Morgan fingerprint density at radius 3 is 2.90 bits per heavy atom. The maximum absolute atomic E-state index is 12.6. The van der Waals surface area contributed by atoms with E-state index in [1.54, 1.807) is 22.4 Å². The van der Waals surface area contributed by atoms with Gasteiger partial charge in [-0.3, -0.25) is 14.6 Å². The summed E-state index contributed by atoms with van der Waals surface area (Å²) < 4.78 is 0. The first-order valence-corrected chi connectivity index (χ1v) is 11.2. The molecule has 0 spiro atoms. The smallest absolute Gasteiger partial charge is 0.228 e. The number of hydrogen-bond acceptors (Lipinski definition) is 5. The van der Waals surface area contributed by atoms with Gasteiger partial charge in [0.05, 0.1) is 17.1 Å². The third-order valence-electron chi connectivity index (χ3n) is 5.49. The van der Waals surface area contributed by atoms with Crippen LogP contribution in [0.15, 0.2) is 29.8 Å². The minimum atomic E-state index is 0.152. The van der Waals surface area contributed by atoms with Crippen molar-refractivity contribution in [3.8, 4) is 0 Å². The second-order valence-corrected chi connectivity index (χ2v) is 8.87. The summed E-state index contributed by atoms with van der Waals surface area (Å²) in [4.78, 5) is 37.5. The van der Waals surface area contributed by atoms with Crippen molar-refractivity contribution >= 4 is 23.2 Å². The Kier molecular flexibility index (Phi) is 7.75. The molecule has 1 atom stereocenters. The highest BCUT2D eigenvalue weighted by molar-refractivity contribution is 7.09. The van der Waals surface area contributed by atoms with Gasteiger partial charge in [-0.1, -0.05) is 6.07 Å². The molecular weight excluding hydrogens is 384 g/mol. The number of aromatic nitrogens is 2. The molecule has 0 unspecified atom stereocenters. The third kappa shape index (κ3) is 6.63. The fraction of sp³-hybridized carbons (Fsp3) is 0.545. The van der Waals surface area contributed by atoms with Gasteiger partial charge in [0.1, 0.15) is 0 Å². The summed E-state index contributed by atoms with van der Waals surface area (Å²) in [6.07, 6.45) is 6.41. The molecule has 0 N–H and O–H groups in total. The van der Waals surface area contributed by atoms with E-state index in [-0.39, 0.29) is 11.8 Å². The molecule has 156 valence electrons. The lowest BCUT2D eigenvalue weighted by molar-refractivity contribution is -0.132. The number of nitrogens with zero attached hydrogens (tertiary/aromatic N) is 4. The van der Waals surface area contributed by atoms with Gasteiger partial charge in [0.2, 0.25) is 11.8 Å². The summed E-state index contributed by atoms with van der Waals surface area (Å²) in [7, 11) is 1.86. The molecule has 1 aliphatic heterocycles. The van der Waals surface area contributed by atoms with Gasteiger partial charge < -0.3 is 9.80 Å². The Hall–Kier alpha value is -2.28. The monoisotopic (exact) mass is 414 g/mol. The molecule has 1 saturated heterocycles. The highest BCUT2D eigenvalue weighted by atomic mass is 32.1. The second kappa shape index (κ2) is 10.5. The summed E-state index contributed by atoms with van der Waals surface area (Å²) in [5, 5.41) is 2.96. The molecule has 3 heterocycles. The standard InChI is InChI=1S/C22H30N4O2S/c1-17-24-20(16-29-17)14-22(28)26-12-5-6-18(15-26)8-9-21(27)25(2)13-10-19-7-3-4-11-23-19/h3-4,7,11,16,18H,5-6,8-10,12-15H2,1-2H3/t18-/m1/s1. The van der Waals surface area contributed by atoms with Crippen molar-refractivity contribution in [1.82, 2.24) is 19.8 Å². The maximum Gasteiger partial charge on any atom is 0.228 e. The molecule has 0 aromatic carbocycles. The molecule has 29 heavy (non-hydrogen) atoms. The lowest BCUT2D eigenvalue weighted by Gasteiger charge is -2.33. The van der Waals surface area contributed by atoms with Crippen molar-refractivity contribution in [1.29, 1.82) is 0 Å². The number of piperidine rings is 1. The highest BCUT2D eigenvalue weighted by Gasteiger charge is 2.25. The number of aryl methyl sites for hydroxylation is 1. The summed E-state index contributed by atoms with van der Waals surface area (Å²) in [5.74, 6) is 0.721. The predicted octanol–water partition coefficient (Wildman–Crippen LogP) is 3.11. The Morgan fingerprint density at radius 2 is 2.17 bits per heavy atom. The number of hydrogen-bond donors (Lipinski definition) is 0. The molecule has 1 fully saturated rings. The first-order chi connectivity index (χ1) is 14.0. The predicted molar refractivity (Wildman–Crippen MR) is 115 cm³/mol. The molecular formula is C22H30N4O2S. The minimum absolute atomic E-state index is 0.152. The zero-order valence-electron chi connectivity index (χ0n) is 17.3. The molecule has 7 heteroatoms. The maximum atomic E-state index is 12.6. The number of pyridine rings is 1. The van der Waals surface area contributed by atoms with Crippen LogP contribution in [0.25, 0.3) is 0 Å². The SMILES string of the molecule is Cc1nc(CC(=O)N2CCC[C@H](CCC(=O)N(C)CCc3ccccn3)C2)cs1. The normalized spacial score (nSPS) is 16.6. The second-order valence-electron chi connectivity index (χ2n) is 7.81. The van der Waals surface area contributed by atoms with Gasteiger partial charge >= 0.3 is 0 Å². The quantitative estimate of drug-likeness (QED) is 0.666. The number of likely N-dealkylation sites (N-methyl/N-ethyl adjacent to an activating group) is 1. The van der Waals surface area contributed by atoms with E-state index in [1.807, 2.05) is 42.5 Å². The largest absolute Gasteiger partial charge is 0.345 e. The fourth-order valence-electron chi connectivity index (χ4n) is 3.75. The zero-order chi connectivity index (χ0) is 20.6. The van der Waals surface area contributed by atoms with Crippen LogP contribution in [0.3, 0.4) is 0 Å². The fourth-order valence-corrected chi connectivity index (χ4v) is 4.37. The van der Waals surface area contributed by atoms with Crippen LogP contribution in [0.5, 0.6) is 0 Å². The van der Waals surface area contributed by atoms with Crippen molar-refractivity contribution in [2.24, 2.45) is 5.92 Å².